The minimum atomic E-state index is 0.939. The van der Waals surface area contributed by atoms with Gasteiger partial charge in [0.15, 0.2) is 0 Å². The molecule has 1 saturated heterocycles. The number of fused-ring (bicyclic) bond motifs is 1. The first-order valence-electron chi connectivity index (χ1n) is 5.78. The molecule has 2 aromatic rings. The number of rotatable bonds is 2. The minimum Gasteiger partial charge on any atom is -0.497 e. The highest BCUT2D eigenvalue weighted by Crippen LogP contribution is 2.32. The zero-order valence-electron chi connectivity index (χ0n) is 9.49. The van der Waals surface area contributed by atoms with Gasteiger partial charge < -0.3 is 14.6 Å². The number of nitrogens with one attached hydrogen (secondary N) is 1. The van der Waals surface area contributed by atoms with Gasteiger partial charge in [0.1, 0.15) is 5.75 Å². The monoisotopic (exact) mass is 216 g/mol. The Hall–Kier alpha value is -1.64. The van der Waals surface area contributed by atoms with E-state index in [0.717, 1.165) is 18.8 Å². The molecular formula is C13H16N2O. The van der Waals surface area contributed by atoms with Gasteiger partial charge in [0.25, 0.3) is 0 Å². The summed E-state index contributed by atoms with van der Waals surface area (Å²) in [6, 6.07) is 6.30. The third-order valence-corrected chi connectivity index (χ3v) is 3.29. The fourth-order valence-corrected chi connectivity index (χ4v) is 2.45. The maximum Gasteiger partial charge on any atom is 0.121 e. The summed E-state index contributed by atoms with van der Waals surface area (Å²) in [6.45, 7) is 2.31. The summed E-state index contributed by atoms with van der Waals surface area (Å²) in [5.41, 5.74) is 2.50. The Kier molecular flexibility index (Phi) is 2.24. The number of nitrogens with zero attached hydrogens (tertiary/aromatic N) is 1. The predicted octanol–water partition coefficient (Wildman–Crippen LogP) is 2.78. The van der Waals surface area contributed by atoms with Gasteiger partial charge in [-0.05, 0) is 25.0 Å². The van der Waals surface area contributed by atoms with Crippen LogP contribution in [0.25, 0.3) is 10.9 Å². The zero-order valence-corrected chi connectivity index (χ0v) is 9.49. The fraction of sp³-hybridized carbons (Fsp3) is 0.385. The maximum absolute atomic E-state index is 5.35. The Bertz CT molecular complexity index is 498. The molecule has 0 radical (unpaired) electrons. The molecule has 1 N–H and O–H groups in total. The zero-order chi connectivity index (χ0) is 11.0. The first-order valence-corrected chi connectivity index (χ1v) is 5.78. The van der Waals surface area contributed by atoms with Crippen LogP contribution in [-0.4, -0.2) is 25.2 Å². The average Bonchev–Trinajstić information content (AvgIpc) is 2.98. The molecule has 16 heavy (non-hydrogen) atoms. The number of hydrogen-bond acceptors (Lipinski definition) is 2. The second-order valence-corrected chi connectivity index (χ2v) is 4.28. The fourth-order valence-electron chi connectivity index (χ4n) is 2.45. The second-order valence-electron chi connectivity index (χ2n) is 4.28. The van der Waals surface area contributed by atoms with Gasteiger partial charge in [-0.15, -0.1) is 0 Å². The molecule has 1 fully saturated rings. The van der Waals surface area contributed by atoms with Crippen LogP contribution in [0.15, 0.2) is 24.4 Å². The molecule has 3 nitrogen and oxygen atoms in total. The molecule has 3 heteroatoms. The van der Waals surface area contributed by atoms with Gasteiger partial charge >= 0.3 is 0 Å². The minimum absolute atomic E-state index is 0.939. The number of benzene rings is 1. The van der Waals surface area contributed by atoms with Crippen molar-refractivity contribution in [3.8, 4) is 5.75 Å². The van der Waals surface area contributed by atoms with Gasteiger partial charge in [-0.2, -0.15) is 0 Å². The third-order valence-electron chi connectivity index (χ3n) is 3.29. The Balaban J connectivity index is 2.15. The van der Waals surface area contributed by atoms with Gasteiger partial charge in [0.05, 0.1) is 18.3 Å². The van der Waals surface area contributed by atoms with Crippen molar-refractivity contribution in [1.29, 1.82) is 0 Å². The molecule has 0 amide bonds. The van der Waals surface area contributed by atoms with Crippen molar-refractivity contribution in [1.82, 2.24) is 4.98 Å². The van der Waals surface area contributed by atoms with Crippen LogP contribution >= 0.6 is 0 Å². The van der Waals surface area contributed by atoms with Crippen LogP contribution in [0.4, 0.5) is 5.69 Å². The Morgan fingerprint density at radius 2 is 2.06 bits per heavy atom. The number of hydrogen-bond donors (Lipinski definition) is 1. The van der Waals surface area contributed by atoms with E-state index in [1.165, 1.54) is 29.4 Å². The number of aromatic nitrogens is 1. The number of aromatic amines is 1. The topological polar surface area (TPSA) is 28.3 Å². The largest absolute Gasteiger partial charge is 0.497 e. The SMILES string of the molecule is COc1cc(N2CCCC2)c2[nH]ccc2c1. The summed E-state index contributed by atoms with van der Waals surface area (Å²) in [6.07, 6.45) is 4.57. The van der Waals surface area contributed by atoms with Crippen molar-refractivity contribution < 1.29 is 4.74 Å². The second kappa shape index (κ2) is 3.74. The van der Waals surface area contributed by atoms with Crippen LogP contribution in [0.1, 0.15) is 12.8 Å². The summed E-state index contributed by atoms with van der Waals surface area (Å²) in [5, 5.41) is 1.22. The standard InChI is InChI=1S/C13H16N2O/c1-16-11-8-10-4-5-14-13(10)12(9-11)15-6-2-3-7-15/h4-5,8-9,14H,2-3,6-7H2,1H3. The Morgan fingerprint density at radius 3 is 2.81 bits per heavy atom. The van der Waals surface area contributed by atoms with Crippen LogP contribution in [0.3, 0.4) is 0 Å². The van der Waals surface area contributed by atoms with Crippen LogP contribution in [-0.2, 0) is 0 Å². The maximum atomic E-state index is 5.35. The summed E-state index contributed by atoms with van der Waals surface area (Å²) in [7, 11) is 1.72. The Morgan fingerprint density at radius 1 is 1.25 bits per heavy atom. The van der Waals surface area contributed by atoms with E-state index in [9.17, 15) is 0 Å². The van der Waals surface area contributed by atoms with Crippen molar-refractivity contribution in [2.75, 3.05) is 25.1 Å². The lowest BCUT2D eigenvalue weighted by Gasteiger charge is -2.19. The molecule has 1 aliphatic heterocycles. The molecule has 0 unspecified atom stereocenters. The average molecular weight is 216 g/mol. The first kappa shape index (κ1) is 9.58. The van der Waals surface area contributed by atoms with Crippen molar-refractivity contribution in [2.45, 2.75) is 12.8 Å². The highest BCUT2D eigenvalue weighted by atomic mass is 16.5. The molecule has 2 heterocycles. The number of methoxy groups -OCH3 is 1. The van der Waals surface area contributed by atoms with Crippen LogP contribution in [0, 0.1) is 0 Å². The van der Waals surface area contributed by atoms with Gasteiger partial charge in [0, 0.05) is 30.7 Å². The lowest BCUT2D eigenvalue weighted by molar-refractivity contribution is 0.415. The number of H-pyrrole nitrogens is 1. The van der Waals surface area contributed by atoms with Gasteiger partial charge in [-0.3, -0.25) is 0 Å². The van der Waals surface area contributed by atoms with E-state index in [-0.39, 0.29) is 0 Å². The molecule has 1 aromatic heterocycles. The molecule has 3 rings (SSSR count). The third kappa shape index (κ3) is 1.43. The lowest BCUT2D eigenvalue weighted by atomic mass is 10.2. The lowest BCUT2D eigenvalue weighted by Crippen LogP contribution is -2.17. The Labute approximate surface area is 95.0 Å². The van der Waals surface area contributed by atoms with Crippen molar-refractivity contribution in [3.05, 3.63) is 24.4 Å². The molecule has 0 saturated carbocycles. The molecule has 0 aliphatic carbocycles. The molecule has 0 bridgehead atoms. The first-order chi connectivity index (χ1) is 7.88. The van der Waals surface area contributed by atoms with Crippen LogP contribution in [0.5, 0.6) is 5.75 Å². The van der Waals surface area contributed by atoms with E-state index in [1.807, 2.05) is 6.20 Å². The molecule has 1 aromatic carbocycles. The number of ether oxygens (including phenoxy) is 1. The van der Waals surface area contributed by atoms with E-state index in [0.29, 0.717) is 0 Å². The predicted molar refractivity (Wildman–Crippen MR) is 66.3 cm³/mol. The molecule has 0 spiro atoms. The molecule has 1 aliphatic rings. The summed E-state index contributed by atoms with van der Waals surface area (Å²) in [4.78, 5) is 5.75. The smallest absolute Gasteiger partial charge is 0.121 e. The van der Waals surface area contributed by atoms with Crippen LogP contribution in [0.2, 0.25) is 0 Å². The molecule has 84 valence electrons. The van der Waals surface area contributed by atoms with E-state index < -0.39 is 0 Å². The van der Waals surface area contributed by atoms with Crippen LogP contribution < -0.4 is 9.64 Å². The van der Waals surface area contributed by atoms with Crippen molar-refractivity contribution in [2.24, 2.45) is 0 Å². The molecular weight excluding hydrogens is 200 g/mol. The highest BCUT2D eigenvalue weighted by molar-refractivity contribution is 5.93. The van der Waals surface area contributed by atoms with E-state index in [1.54, 1.807) is 7.11 Å². The summed E-state index contributed by atoms with van der Waals surface area (Å²) >= 11 is 0. The summed E-state index contributed by atoms with van der Waals surface area (Å²) in [5.74, 6) is 0.939. The summed E-state index contributed by atoms with van der Waals surface area (Å²) < 4.78 is 5.35. The van der Waals surface area contributed by atoms with Gasteiger partial charge in [-0.1, -0.05) is 0 Å². The number of anilines is 1. The molecule has 0 atom stereocenters. The quantitative estimate of drug-likeness (QED) is 0.836. The van der Waals surface area contributed by atoms with Gasteiger partial charge in [-0.25, -0.2) is 0 Å². The van der Waals surface area contributed by atoms with E-state index in [4.69, 9.17) is 4.74 Å². The van der Waals surface area contributed by atoms with Gasteiger partial charge in [0.2, 0.25) is 0 Å². The van der Waals surface area contributed by atoms with E-state index >= 15 is 0 Å². The van der Waals surface area contributed by atoms with Crippen molar-refractivity contribution >= 4 is 16.6 Å². The van der Waals surface area contributed by atoms with Crippen molar-refractivity contribution in [3.63, 3.8) is 0 Å². The highest BCUT2D eigenvalue weighted by Gasteiger charge is 2.16. The van der Waals surface area contributed by atoms with E-state index in [2.05, 4.69) is 28.1 Å². The normalized spacial score (nSPS) is 15.9.